The van der Waals surface area contributed by atoms with Crippen LogP contribution in [0, 0.1) is 0 Å². The molecule has 0 aliphatic carbocycles. The van der Waals surface area contributed by atoms with Crippen LogP contribution < -0.4 is 9.64 Å². The number of benzene rings is 2. The fourth-order valence-corrected chi connectivity index (χ4v) is 2.40. The highest BCUT2D eigenvalue weighted by Crippen LogP contribution is 2.23. The number of halogens is 1. The van der Waals surface area contributed by atoms with Crippen LogP contribution in [0.3, 0.4) is 0 Å². The molecule has 0 saturated heterocycles. The molecule has 2 rings (SSSR count). The van der Waals surface area contributed by atoms with Crippen molar-refractivity contribution in [3.8, 4) is 11.5 Å². The van der Waals surface area contributed by atoms with Gasteiger partial charge >= 0.3 is 0 Å². The Labute approximate surface area is 132 Å². The summed E-state index contributed by atoms with van der Waals surface area (Å²) in [7, 11) is 2.24. The predicted octanol–water partition coefficient (Wildman–Crippen LogP) is 3.95. The van der Waals surface area contributed by atoms with Crippen LogP contribution in [0.15, 0.2) is 48.5 Å². The Morgan fingerprint density at radius 2 is 1.81 bits per heavy atom. The third-order valence-corrected chi connectivity index (χ3v) is 3.66. The Hall–Kier alpha value is -1.51. The van der Waals surface area contributed by atoms with E-state index in [1.54, 1.807) is 0 Å². The van der Waals surface area contributed by atoms with Gasteiger partial charge in [0.1, 0.15) is 18.0 Å². The fourth-order valence-electron chi connectivity index (χ4n) is 2.27. The maximum absolute atomic E-state index is 5.88. The maximum Gasteiger partial charge on any atom is 0.127 e. The van der Waals surface area contributed by atoms with Gasteiger partial charge in [-0.05, 0) is 42.8 Å². The standard InChI is InChI=1S/C18H22ClNO/c1-3-4-12-20(2)14-15-6-5-7-18(13-15)21-17-10-8-16(19)9-11-17/h5-11,13H,3-4,12,14H2,1-2H3/p+1. The van der Waals surface area contributed by atoms with Crippen LogP contribution in [-0.4, -0.2) is 13.6 Å². The third-order valence-electron chi connectivity index (χ3n) is 3.41. The first-order valence-electron chi connectivity index (χ1n) is 7.51. The van der Waals surface area contributed by atoms with Gasteiger partial charge in [0.15, 0.2) is 0 Å². The van der Waals surface area contributed by atoms with E-state index in [1.807, 2.05) is 36.4 Å². The second-order valence-corrected chi connectivity index (χ2v) is 5.88. The Bertz CT molecular complexity index is 553. The van der Waals surface area contributed by atoms with Crippen LogP contribution >= 0.6 is 11.6 Å². The van der Waals surface area contributed by atoms with E-state index < -0.39 is 0 Å². The number of hydrogen-bond acceptors (Lipinski definition) is 1. The number of quaternary nitrogens is 1. The van der Waals surface area contributed by atoms with Crippen molar-refractivity contribution in [2.75, 3.05) is 13.6 Å². The molecule has 0 aliphatic rings. The summed E-state index contributed by atoms with van der Waals surface area (Å²) in [6, 6.07) is 15.7. The lowest BCUT2D eigenvalue weighted by atomic mass is 10.2. The molecule has 1 atom stereocenters. The topological polar surface area (TPSA) is 13.7 Å². The van der Waals surface area contributed by atoms with Crippen molar-refractivity contribution in [1.29, 1.82) is 0 Å². The number of unbranched alkanes of at least 4 members (excludes halogenated alkanes) is 1. The van der Waals surface area contributed by atoms with Gasteiger partial charge in [-0.2, -0.15) is 0 Å². The van der Waals surface area contributed by atoms with Gasteiger partial charge < -0.3 is 9.64 Å². The van der Waals surface area contributed by atoms with E-state index in [1.165, 1.54) is 29.8 Å². The zero-order valence-corrected chi connectivity index (χ0v) is 13.5. The van der Waals surface area contributed by atoms with E-state index in [-0.39, 0.29) is 0 Å². The summed E-state index contributed by atoms with van der Waals surface area (Å²) in [5.41, 5.74) is 1.30. The first-order valence-corrected chi connectivity index (χ1v) is 7.89. The number of nitrogens with one attached hydrogen (secondary N) is 1. The summed E-state index contributed by atoms with van der Waals surface area (Å²) < 4.78 is 5.87. The summed E-state index contributed by atoms with van der Waals surface area (Å²) in [6.07, 6.45) is 2.52. The van der Waals surface area contributed by atoms with Gasteiger partial charge in [-0.1, -0.05) is 37.1 Å². The van der Waals surface area contributed by atoms with E-state index in [9.17, 15) is 0 Å². The Morgan fingerprint density at radius 1 is 1.05 bits per heavy atom. The second-order valence-electron chi connectivity index (χ2n) is 5.44. The molecule has 2 nitrogen and oxygen atoms in total. The number of ether oxygens (including phenoxy) is 1. The van der Waals surface area contributed by atoms with E-state index in [4.69, 9.17) is 16.3 Å². The first kappa shape index (κ1) is 15.9. The van der Waals surface area contributed by atoms with E-state index in [0.29, 0.717) is 0 Å². The summed E-state index contributed by atoms with van der Waals surface area (Å²) in [4.78, 5) is 1.53. The predicted molar refractivity (Wildman–Crippen MR) is 88.3 cm³/mol. The highest BCUT2D eigenvalue weighted by molar-refractivity contribution is 6.30. The van der Waals surface area contributed by atoms with E-state index in [2.05, 4.69) is 26.1 Å². The maximum atomic E-state index is 5.88. The largest absolute Gasteiger partial charge is 0.457 e. The molecule has 0 radical (unpaired) electrons. The van der Waals surface area contributed by atoms with E-state index >= 15 is 0 Å². The Balaban J connectivity index is 1.98. The molecule has 0 bridgehead atoms. The SMILES string of the molecule is CCCC[NH+](C)Cc1cccc(Oc2ccc(Cl)cc2)c1. The molecule has 0 aromatic heterocycles. The number of rotatable bonds is 7. The third kappa shape index (κ3) is 5.41. The lowest BCUT2D eigenvalue weighted by Crippen LogP contribution is -3.07. The smallest absolute Gasteiger partial charge is 0.127 e. The minimum Gasteiger partial charge on any atom is -0.457 e. The Morgan fingerprint density at radius 3 is 2.52 bits per heavy atom. The molecular weight excluding hydrogens is 282 g/mol. The molecule has 21 heavy (non-hydrogen) atoms. The molecule has 2 aromatic rings. The molecule has 0 amide bonds. The van der Waals surface area contributed by atoms with Gasteiger partial charge in [0.25, 0.3) is 0 Å². The summed E-state index contributed by atoms with van der Waals surface area (Å²) >= 11 is 5.88. The highest BCUT2D eigenvalue weighted by Gasteiger charge is 2.05. The van der Waals surface area contributed by atoms with Gasteiger partial charge in [-0.15, -0.1) is 0 Å². The molecule has 1 N–H and O–H groups in total. The quantitative estimate of drug-likeness (QED) is 0.818. The van der Waals surface area contributed by atoms with Crippen molar-refractivity contribution >= 4 is 11.6 Å². The lowest BCUT2D eigenvalue weighted by Gasteiger charge is -2.14. The van der Waals surface area contributed by atoms with Gasteiger partial charge in [0.2, 0.25) is 0 Å². The van der Waals surface area contributed by atoms with Crippen molar-refractivity contribution in [3.63, 3.8) is 0 Å². The first-order chi connectivity index (χ1) is 10.2. The fraction of sp³-hybridized carbons (Fsp3) is 0.333. The van der Waals surface area contributed by atoms with Gasteiger partial charge in [0.05, 0.1) is 13.6 Å². The summed E-state index contributed by atoms with van der Waals surface area (Å²) in [5, 5.41) is 0.720. The van der Waals surface area contributed by atoms with Crippen molar-refractivity contribution in [3.05, 3.63) is 59.1 Å². The average Bonchev–Trinajstić information content (AvgIpc) is 2.48. The van der Waals surface area contributed by atoms with Crippen molar-refractivity contribution in [2.24, 2.45) is 0 Å². The molecule has 2 aromatic carbocycles. The monoisotopic (exact) mass is 304 g/mol. The van der Waals surface area contributed by atoms with Crippen LogP contribution in [0.2, 0.25) is 5.02 Å². The van der Waals surface area contributed by atoms with Crippen LogP contribution in [0.25, 0.3) is 0 Å². The zero-order valence-electron chi connectivity index (χ0n) is 12.7. The molecule has 0 fully saturated rings. The minimum absolute atomic E-state index is 0.720. The molecule has 112 valence electrons. The summed E-state index contributed by atoms with van der Waals surface area (Å²) in [6.45, 7) is 4.46. The van der Waals surface area contributed by atoms with Crippen molar-refractivity contribution in [1.82, 2.24) is 0 Å². The van der Waals surface area contributed by atoms with Crippen LogP contribution in [0.5, 0.6) is 11.5 Å². The van der Waals surface area contributed by atoms with Crippen LogP contribution in [0.4, 0.5) is 0 Å². The molecule has 3 heteroatoms. The number of hydrogen-bond donors (Lipinski definition) is 1. The van der Waals surface area contributed by atoms with Crippen LogP contribution in [-0.2, 0) is 6.54 Å². The molecular formula is C18H23ClNO+. The highest BCUT2D eigenvalue weighted by atomic mass is 35.5. The van der Waals surface area contributed by atoms with Gasteiger partial charge in [0, 0.05) is 10.6 Å². The summed E-state index contributed by atoms with van der Waals surface area (Å²) in [5.74, 6) is 1.68. The molecule has 0 aliphatic heterocycles. The molecule has 0 saturated carbocycles. The average molecular weight is 305 g/mol. The van der Waals surface area contributed by atoms with Crippen molar-refractivity contribution < 1.29 is 9.64 Å². The van der Waals surface area contributed by atoms with Gasteiger partial charge in [-0.3, -0.25) is 0 Å². The molecule has 1 unspecified atom stereocenters. The molecule has 0 spiro atoms. The zero-order chi connectivity index (χ0) is 15.1. The van der Waals surface area contributed by atoms with Crippen LogP contribution in [0.1, 0.15) is 25.3 Å². The molecule has 0 heterocycles. The minimum atomic E-state index is 0.720. The van der Waals surface area contributed by atoms with Gasteiger partial charge in [-0.25, -0.2) is 0 Å². The lowest BCUT2D eigenvalue weighted by molar-refractivity contribution is -0.894. The normalized spacial score (nSPS) is 12.1. The Kier molecular flexibility index (Phi) is 6.09. The second kappa shape index (κ2) is 8.06. The van der Waals surface area contributed by atoms with Crippen molar-refractivity contribution in [2.45, 2.75) is 26.3 Å². The van der Waals surface area contributed by atoms with E-state index in [0.717, 1.165) is 23.1 Å².